The molecule has 0 saturated heterocycles. The van der Waals surface area contributed by atoms with E-state index < -0.39 is 14.6 Å². The van der Waals surface area contributed by atoms with Crippen molar-refractivity contribution in [3.63, 3.8) is 0 Å². The van der Waals surface area contributed by atoms with Crippen LogP contribution in [0.3, 0.4) is 0 Å². The molecule has 0 atom stereocenters. The molecule has 0 amide bonds. The Morgan fingerprint density at radius 1 is 1.47 bits per heavy atom. The lowest BCUT2D eigenvalue weighted by Crippen LogP contribution is -2.38. The molecule has 5 nitrogen and oxygen atoms in total. The van der Waals surface area contributed by atoms with Gasteiger partial charge >= 0.3 is 0 Å². The molecular formula is C10H16ClN3O2S. The molecule has 0 fully saturated rings. The number of aryl methyl sites for hydroxylation is 1. The lowest BCUT2D eigenvalue weighted by molar-refractivity contribution is 0.559. The van der Waals surface area contributed by atoms with Crippen LogP contribution in [0.2, 0.25) is 5.28 Å². The number of sulfone groups is 1. The van der Waals surface area contributed by atoms with Crippen LogP contribution in [0.1, 0.15) is 19.4 Å². The summed E-state index contributed by atoms with van der Waals surface area (Å²) >= 11 is 5.68. The summed E-state index contributed by atoms with van der Waals surface area (Å²) < 4.78 is 22.2. The van der Waals surface area contributed by atoms with Crippen LogP contribution < -0.4 is 5.32 Å². The van der Waals surface area contributed by atoms with E-state index in [1.165, 1.54) is 6.26 Å². The fourth-order valence-corrected chi connectivity index (χ4v) is 1.49. The largest absolute Gasteiger partial charge is 0.368 e. The standard InChI is InChI=1S/C10H16ClN3O2S/c1-7-5-12-9(11)14-8(7)13-6-10(2,3)17(4,15)16/h5H,6H2,1-4H3,(H,12,13,14). The van der Waals surface area contributed by atoms with E-state index in [2.05, 4.69) is 15.3 Å². The number of hydrogen-bond acceptors (Lipinski definition) is 5. The van der Waals surface area contributed by atoms with E-state index in [-0.39, 0.29) is 11.8 Å². The summed E-state index contributed by atoms with van der Waals surface area (Å²) in [4.78, 5) is 7.83. The molecule has 0 spiro atoms. The first-order valence-corrected chi connectivity index (χ1v) is 7.33. The van der Waals surface area contributed by atoms with Gasteiger partial charge in [0.2, 0.25) is 5.28 Å². The summed E-state index contributed by atoms with van der Waals surface area (Å²) in [7, 11) is -3.13. The van der Waals surface area contributed by atoms with Crippen molar-refractivity contribution in [2.24, 2.45) is 0 Å². The number of halogens is 1. The summed E-state index contributed by atoms with van der Waals surface area (Å²) in [6.07, 6.45) is 2.81. The molecule has 1 heterocycles. The molecule has 0 aliphatic rings. The molecule has 0 saturated carbocycles. The number of nitrogens with zero attached hydrogens (tertiary/aromatic N) is 2. The smallest absolute Gasteiger partial charge is 0.224 e. The highest BCUT2D eigenvalue weighted by Crippen LogP contribution is 2.18. The molecule has 1 rings (SSSR count). The third kappa shape index (κ3) is 3.54. The van der Waals surface area contributed by atoms with Gasteiger partial charge in [0.15, 0.2) is 9.84 Å². The van der Waals surface area contributed by atoms with Gasteiger partial charge in [0, 0.05) is 24.6 Å². The number of rotatable bonds is 4. The first-order valence-electron chi connectivity index (χ1n) is 5.06. The first-order chi connectivity index (χ1) is 7.63. The van der Waals surface area contributed by atoms with Gasteiger partial charge in [-0.1, -0.05) is 0 Å². The fourth-order valence-electron chi connectivity index (χ4n) is 1.03. The minimum absolute atomic E-state index is 0.135. The van der Waals surface area contributed by atoms with Crippen molar-refractivity contribution >= 4 is 27.3 Å². The number of nitrogens with one attached hydrogen (secondary N) is 1. The summed E-state index contributed by atoms with van der Waals surface area (Å²) in [5, 5.41) is 3.12. The second-order valence-electron chi connectivity index (χ2n) is 4.56. The van der Waals surface area contributed by atoms with Crippen molar-refractivity contribution < 1.29 is 8.42 Å². The van der Waals surface area contributed by atoms with E-state index in [9.17, 15) is 8.42 Å². The summed E-state index contributed by atoms with van der Waals surface area (Å²) in [6.45, 7) is 5.41. The summed E-state index contributed by atoms with van der Waals surface area (Å²) in [5.41, 5.74) is 0.818. The van der Waals surface area contributed by atoms with Gasteiger partial charge in [-0.3, -0.25) is 0 Å². The summed E-state index contributed by atoms with van der Waals surface area (Å²) in [5.74, 6) is 0.557. The highest BCUT2D eigenvalue weighted by molar-refractivity contribution is 7.92. The van der Waals surface area contributed by atoms with Crippen LogP contribution in [0.25, 0.3) is 0 Å². The number of anilines is 1. The van der Waals surface area contributed by atoms with Crippen LogP contribution in [0, 0.1) is 6.92 Å². The highest BCUT2D eigenvalue weighted by Gasteiger charge is 2.30. The van der Waals surface area contributed by atoms with Crippen LogP contribution in [0.15, 0.2) is 6.20 Å². The quantitative estimate of drug-likeness (QED) is 0.848. The van der Waals surface area contributed by atoms with E-state index in [1.54, 1.807) is 20.0 Å². The Hall–Kier alpha value is -0.880. The maximum Gasteiger partial charge on any atom is 0.224 e. The zero-order valence-electron chi connectivity index (χ0n) is 10.3. The zero-order valence-corrected chi connectivity index (χ0v) is 11.9. The van der Waals surface area contributed by atoms with E-state index in [0.717, 1.165) is 5.56 Å². The van der Waals surface area contributed by atoms with Crippen LogP contribution in [0.4, 0.5) is 5.82 Å². The first kappa shape index (κ1) is 14.2. The van der Waals surface area contributed by atoms with Crippen molar-refractivity contribution in [1.82, 2.24) is 9.97 Å². The highest BCUT2D eigenvalue weighted by atomic mass is 35.5. The van der Waals surface area contributed by atoms with E-state index in [4.69, 9.17) is 11.6 Å². The van der Waals surface area contributed by atoms with Gasteiger partial charge < -0.3 is 5.32 Å². The molecule has 1 aromatic rings. The molecule has 0 aliphatic heterocycles. The molecule has 7 heteroatoms. The minimum Gasteiger partial charge on any atom is -0.368 e. The molecule has 0 aromatic carbocycles. The minimum atomic E-state index is -3.13. The van der Waals surface area contributed by atoms with Gasteiger partial charge in [0.1, 0.15) is 5.82 Å². The third-order valence-corrected chi connectivity index (χ3v) is 4.96. The molecule has 0 aliphatic carbocycles. The van der Waals surface area contributed by atoms with Crippen molar-refractivity contribution in [3.8, 4) is 0 Å². The van der Waals surface area contributed by atoms with Crippen LogP contribution in [0.5, 0.6) is 0 Å². The van der Waals surface area contributed by atoms with Gasteiger partial charge in [0.25, 0.3) is 0 Å². The van der Waals surface area contributed by atoms with E-state index in [0.29, 0.717) is 5.82 Å². The van der Waals surface area contributed by atoms with Crippen molar-refractivity contribution in [2.45, 2.75) is 25.5 Å². The predicted molar refractivity (Wildman–Crippen MR) is 69.2 cm³/mol. The zero-order chi connectivity index (χ0) is 13.3. The van der Waals surface area contributed by atoms with Crippen LogP contribution >= 0.6 is 11.6 Å². The Morgan fingerprint density at radius 2 is 2.06 bits per heavy atom. The fraction of sp³-hybridized carbons (Fsp3) is 0.600. The third-order valence-electron chi connectivity index (χ3n) is 2.63. The van der Waals surface area contributed by atoms with Gasteiger partial charge in [0.05, 0.1) is 4.75 Å². The summed E-state index contributed by atoms with van der Waals surface area (Å²) in [6, 6.07) is 0. The second kappa shape index (κ2) is 4.78. The Kier molecular flexibility index (Phi) is 3.99. The Balaban J connectivity index is 2.84. The van der Waals surface area contributed by atoms with Gasteiger partial charge in [-0.2, -0.15) is 0 Å². The Bertz CT molecular complexity index is 514. The molecular weight excluding hydrogens is 262 g/mol. The van der Waals surface area contributed by atoms with Crippen LogP contribution in [-0.4, -0.2) is 35.9 Å². The Labute approximate surface area is 107 Å². The van der Waals surface area contributed by atoms with Crippen molar-refractivity contribution in [3.05, 3.63) is 17.0 Å². The molecule has 17 heavy (non-hydrogen) atoms. The van der Waals surface area contributed by atoms with Gasteiger partial charge in [-0.05, 0) is 32.4 Å². The molecule has 0 bridgehead atoms. The van der Waals surface area contributed by atoms with Gasteiger partial charge in [-0.25, -0.2) is 18.4 Å². The maximum atomic E-state index is 11.5. The van der Waals surface area contributed by atoms with Crippen molar-refractivity contribution in [2.75, 3.05) is 18.1 Å². The Morgan fingerprint density at radius 3 is 2.59 bits per heavy atom. The average Bonchev–Trinajstić information content (AvgIpc) is 2.18. The van der Waals surface area contributed by atoms with E-state index in [1.807, 2.05) is 6.92 Å². The topological polar surface area (TPSA) is 72.0 Å². The maximum absolute atomic E-state index is 11.5. The second-order valence-corrected chi connectivity index (χ2v) is 7.54. The normalized spacial score (nSPS) is 12.5. The SMILES string of the molecule is Cc1cnc(Cl)nc1NCC(C)(C)S(C)(=O)=O. The van der Waals surface area contributed by atoms with E-state index >= 15 is 0 Å². The monoisotopic (exact) mass is 277 g/mol. The number of aromatic nitrogens is 2. The molecule has 0 radical (unpaired) electrons. The predicted octanol–water partition coefficient (Wildman–Crippen LogP) is 1.67. The van der Waals surface area contributed by atoms with Crippen LogP contribution in [-0.2, 0) is 9.84 Å². The van der Waals surface area contributed by atoms with Gasteiger partial charge in [-0.15, -0.1) is 0 Å². The number of hydrogen-bond donors (Lipinski definition) is 1. The lowest BCUT2D eigenvalue weighted by atomic mass is 10.2. The molecule has 96 valence electrons. The lowest BCUT2D eigenvalue weighted by Gasteiger charge is -2.23. The molecule has 0 unspecified atom stereocenters. The molecule has 1 aromatic heterocycles. The van der Waals surface area contributed by atoms with Crippen molar-refractivity contribution in [1.29, 1.82) is 0 Å². The molecule has 1 N–H and O–H groups in total. The average molecular weight is 278 g/mol.